The molecule has 1 aromatic heterocycles. The molecular weight excluding hydrogens is 232 g/mol. The lowest BCUT2D eigenvalue weighted by Crippen LogP contribution is -2.50. The van der Waals surface area contributed by atoms with E-state index in [1.807, 2.05) is 20.8 Å². The van der Waals surface area contributed by atoms with Gasteiger partial charge in [0.05, 0.1) is 12.1 Å². The molecule has 0 atom stereocenters. The van der Waals surface area contributed by atoms with Gasteiger partial charge in [-0.05, 0) is 20.8 Å². The maximum atomic E-state index is 9.79. The Labute approximate surface area is 108 Å². The van der Waals surface area contributed by atoms with Gasteiger partial charge >= 0.3 is 0 Å². The van der Waals surface area contributed by atoms with Crippen molar-refractivity contribution in [3.63, 3.8) is 0 Å². The van der Waals surface area contributed by atoms with Crippen LogP contribution in [0.5, 0.6) is 0 Å². The molecule has 1 aliphatic heterocycles. The van der Waals surface area contributed by atoms with Crippen LogP contribution in [0.3, 0.4) is 0 Å². The van der Waals surface area contributed by atoms with Crippen LogP contribution in [-0.2, 0) is 6.54 Å². The number of rotatable bonds is 4. The second kappa shape index (κ2) is 5.34. The van der Waals surface area contributed by atoms with Crippen molar-refractivity contribution >= 4 is 0 Å². The first-order valence-electron chi connectivity index (χ1n) is 6.39. The number of β-amino-alcohol motifs (C(OH)–C–C–N with tert-alkyl or cyclic N) is 1. The summed E-state index contributed by atoms with van der Waals surface area (Å²) < 4.78 is 5.12. The largest absolute Gasteiger partial charge is 0.389 e. The Balaban J connectivity index is 1.77. The zero-order chi connectivity index (χ0) is 13.2. The van der Waals surface area contributed by atoms with Crippen LogP contribution in [0.1, 0.15) is 25.6 Å². The van der Waals surface area contributed by atoms with E-state index in [4.69, 9.17) is 4.52 Å². The van der Waals surface area contributed by atoms with Crippen molar-refractivity contribution in [1.29, 1.82) is 0 Å². The van der Waals surface area contributed by atoms with Crippen LogP contribution in [-0.4, -0.2) is 63.4 Å². The molecule has 1 N–H and O–H groups in total. The molecule has 1 aromatic rings. The summed E-state index contributed by atoms with van der Waals surface area (Å²) >= 11 is 0. The summed E-state index contributed by atoms with van der Waals surface area (Å²) in [5.41, 5.74) is -0.619. The Morgan fingerprint density at radius 3 is 2.33 bits per heavy atom. The Bertz CT molecular complexity index is 378. The quantitative estimate of drug-likeness (QED) is 0.832. The number of hydrogen-bond acceptors (Lipinski definition) is 6. The highest BCUT2D eigenvalue weighted by Gasteiger charge is 2.23. The van der Waals surface area contributed by atoms with E-state index in [-0.39, 0.29) is 0 Å². The maximum Gasteiger partial charge on any atom is 0.240 e. The second-order valence-electron chi connectivity index (χ2n) is 5.60. The van der Waals surface area contributed by atoms with Crippen LogP contribution in [0.15, 0.2) is 4.52 Å². The summed E-state index contributed by atoms with van der Waals surface area (Å²) in [6, 6.07) is 0. The van der Waals surface area contributed by atoms with Gasteiger partial charge in [0.15, 0.2) is 5.82 Å². The van der Waals surface area contributed by atoms with Gasteiger partial charge in [0.25, 0.3) is 0 Å². The first-order chi connectivity index (χ1) is 8.42. The first kappa shape index (κ1) is 13.5. The van der Waals surface area contributed by atoms with Crippen molar-refractivity contribution in [3.05, 3.63) is 11.7 Å². The molecule has 0 spiro atoms. The molecule has 0 bridgehead atoms. The van der Waals surface area contributed by atoms with Crippen LogP contribution in [0.25, 0.3) is 0 Å². The van der Waals surface area contributed by atoms with Crippen molar-refractivity contribution in [3.8, 4) is 0 Å². The van der Waals surface area contributed by atoms with E-state index >= 15 is 0 Å². The van der Waals surface area contributed by atoms with Crippen LogP contribution >= 0.6 is 0 Å². The molecule has 0 unspecified atom stereocenters. The Hall–Kier alpha value is -0.980. The summed E-state index contributed by atoms with van der Waals surface area (Å²) in [6.45, 7) is 10.8. The zero-order valence-electron chi connectivity index (χ0n) is 11.4. The Morgan fingerprint density at radius 2 is 1.83 bits per heavy atom. The molecular formula is C12H22N4O2. The molecule has 1 saturated heterocycles. The lowest BCUT2D eigenvalue weighted by molar-refractivity contribution is 0.0153. The van der Waals surface area contributed by atoms with Crippen LogP contribution in [0, 0.1) is 6.92 Å². The summed E-state index contributed by atoms with van der Waals surface area (Å²) in [6.07, 6.45) is 0. The Morgan fingerprint density at radius 1 is 1.22 bits per heavy atom. The highest BCUT2D eigenvalue weighted by molar-refractivity contribution is 4.85. The van der Waals surface area contributed by atoms with Gasteiger partial charge in [-0.2, -0.15) is 4.98 Å². The average Bonchev–Trinajstić information content (AvgIpc) is 2.65. The van der Waals surface area contributed by atoms with Crippen molar-refractivity contribution in [2.24, 2.45) is 0 Å². The fraction of sp³-hybridized carbons (Fsp3) is 0.833. The second-order valence-corrected chi connectivity index (χ2v) is 5.60. The number of nitrogens with zero attached hydrogens (tertiary/aromatic N) is 4. The molecule has 18 heavy (non-hydrogen) atoms. The van der Waals surface area contributed by atoms with Gasteiger partial charge < -0.3 is 9.63 Å². The van der Waals surface area contributed by atoms with E-state index in [9.17, 15) is 5.11 Å². The summed E-state index contributed by atoms with van der Waals surface area (Å²) in [4.78, 5) is 8.80. The molecule has 0 radical (unpaired) electrons. The maximum absolute atomic E-state index is 9.79. The van der Waals surface area contributed by atoms with E-state index in [2.05, 4.69) is 19.9 Å². The van der Waals surface area contributed by atoms with Crippen LogP contribution in [0.4, 0.5) is 0 Å². The van der Waals surface area contributed by atoms with Gasteiger partial charge in [0.2, 0.25) is 5.89 Å². The van der Waals surface area contributed by atoms with Gasteiger partial charge in [-0.3, -0.25) is 9.80 Å². The minimum absolute atomic E-state index is 0.619. The normalized spacial score (nSPS) is 19.3. The number of aliphatic hydroxyl groups is 1. The van der Waals surface area contributed by atoms with E-state index in [0.29, 0.717) is 11.7 Å². The fourth-order valence-corrected chi connectivity index (χ4v) is 2.25. The van der Waals surface area contributed by atoms with E-state index in [1.165, 1.54) is 0 Å². The molecule has 0 aromatic carbocycles. The zero-order valence-corrected chi connectivity index (χ0v) is 11.4. The Kier molecular flexibility index (Phi) is 3.99. The van der Waals surface area contributed by atoms with Crippen LogP contribution in [0.2, 0.25) is 0 Å². The van der Waals surface area contributed by atoms with E-state index in [1.54, 1.807) is 0 Å². The summed E-state index contributed by atoms with van der Waals surface area (Å²) in [5, 5.41) is 13.6. The minimum atomic E-state index is -0.619. The molecule has 0 aliphatic carbocycles. The van der Waals surface area contributed by atoms with E-state index in [0.717, 1.165) is 39.3 Å². The predicted octanol–water partition coefficient (Wildman–Crippen LogP) is 0.267. The highest BCUT2D eigenvalue weighted by Crippen LogP contribution is 2.10. The molecule has 6 heteroatoms. The van der Waals surface area contributed by atoms with Gasteiger partial charge in [-0.25, -0.2) is 0 Å². The third kappa shape index (κ3) is 4.04. The first-order valence-corrected chi connectivity index (χ1v) is 6.39. The van der Waals surface area contributed by atoms with Crippen molar-refractivity contribution in [2.45, 2.75) is 32.9 Å². The monoisotopic (exact) mass is 254 g/mol. The number of piperazine rings is 1. The molecule has 102 valence electrons. The minimum Gasteiger partial charge on any atom is -0.389 e. The number of aryl methyl sites for hydroxylation is 1. The average molecular weight is 254 g/mol. The molecule has 0 saturated carbocycles. The van der Waals surface area contributed by atoms with E-state index < -0.39 is 5.60 Å². The fourth-order valence-electron chi connectivity index (χ4n) is 2.25. The standard InChI is InChI=1S/C12H22N4O2/c1-10-13-11(18-14-10)8-15-4-6-16(7-5-15)9-12(2,3)17/h17H,4-9H2,1-3H3. The smallest absolute Gasteiger partial charge is 0.240 e. The predicted molar refractivity (Wildman–Crippen MR) is 67.0 cm³/mol. The molecule has 0 amide bonds. The molecule has 2 rings (SSSR count). The molecule has 1 aliphatic rings. The highest BCUT2D eigenvalue weighted by atomic mass is 16.5. The van der Waals surface area contributed by atoms with Crippen LogP contribution < -0.4 is 0 Å². The summed E-state index contributed by atoms with van der Waals surface area (Å²) in [7, 11) is 0. The third-order valence-corrected chi connectivity index (χ3v) is 3.00. The molecule has 1 fully saturated rings. The topological polar surface area (TPSA) is 65.6 Å². The molecule has 2 heterocycles. The number of aromatic nitrogens is 2. The van der Waals surface area contributed by atoms with Crippen molar-refractivity contribution in [1.82, 2.24) is 19.9 Å². The van der Waals surface area contributed by atoms with Gasteiger partial charge in [-0.1, -0.05) is 5.16 Å². The summed E-state index contributed by atoms with van der Waals surface area (Å²) in [5.74, 6) is 1.37. The van der Waals surface area contributed by atoms with Crippen molar-refractivity contribution < 1.29 is 9.63 Å². The van der Waals surface area contributed by atoms with Gasteiger partial charge in [-0.15, -0.1) is 0 Å². The lowest BCUT2D eigenvalue weighted by Gasteiger charge is -2.36. The van der Waals surface area contributed by atoms with Crippen molar-refractivity contribution in [2.75, 3.05) is 32.7 Å². The van der Waals surface area contributed by atoms with Gasteiger partial charge in [0.1, 0.15) is 0 Å². The van der Waals surface area contributed by atoms with Gasteiger partial charge in [0, 0.05) is 32.7 Å². The SMILES string of the molecule is Cc1noc(CN2CCN(CC(C)(C)O)CC2)n1. The lowest BCUT2D eigenvalue weighted by atomic mass is 10.1. The molecule has 6 nitrogen and oxygen atoms in total. The third-order valence-electron chi connectivity index (χ3n) is 3.00. The number of hydrogen-bond donors (Lipinski definition) is 1.